The molecule has 4 rings (SSSR count). The van der Waals surface area contributed by atoms with E-state index in [9.17, 15) is 0 Å². The summed E-state index contributed by atoms with van der Waals surface area (Å²) in [7, 11) is -1.50. The molecule has 2 nitrogen and oxygen atoms in total. The second-order valence-electron chi connectivity index (χ2n) is 6.84. The van der Waals surface area contributed by atoms with Gasteiger partial charge in [0, 0.05) is 50.8 Å². The molecule has 4 heteroatoms. The number of fused-ring (bicyclic) bond motifs is 3. The number of para-hydroxylation sites is 1. The van der Waals surface area contributed by atoms with Crippen LogP contribution in [-0.2, 0) is 20.1 Å². The number of nitrogens with zero attached hydrogens (tertiary/aromatic N) is 1. The molecule has 1 radical (unpaired) electrons. The van der Waals surface area contributed by atoms with Crippen molar-refractivity contribution in [3.8, 4) is 11.3 Å². The summed E-state index contributed by atoms with van der Waals surface area (Å²) in [5.74, 6) is 0. The third-order valence-electron chi connectivity index (χ3n) is 4.19. The van der Waals surface area contributed by atoms with E-state index in [1.165, 1.54) is 5.19 Å². The maximum atomic E-state index is 6.14. The first-order chi connectivity index (χ1) is 11.1. The van der Waals surface area contributed by atoms with Crippen molar-refractivity contribution < 1.29 is 24.5 Å². The summed E-state index contributed by atoms with van der Waals surface area (Å²) in [6.07, 6.45) is 1.87. The van der Waals surface area contributed by atoms with Crippen LogP contribution in [0.25, 0.3) is 33.2 Å². The molecule has 0 atom stereocenters. The Kier molecular flexibility index (Phi) is 4.47. The maximum Gasteiger partial charge on any atom is 0.134 e. The monoisotopic (exact) mass is 509 g/mol. The van der Waals surface area contributed by atoms with E-state index in [0.717, 1.165) is 33.2 Å². The number of rotatable bonds is 2. The van der Waals surface area contributed by atoms with Crippen LogP contribution in [0.3, 0.4) is 0 Å². The Hall–Kier alpha value is -1.74. The van der Waals surface area contributed by atoms with Crippen molar-refractivity contribution in [2.75, 3.05) is 0 Å². The standard InChI is InChI=1S/C20H18NOSi.Ir/c1-23(2,3)18-11-7-5-9-16(18)19-20-15(12-13-21-19)14-8-4-6-10-17(14)22-20;/h4-8,10-13H,1-3H3;/q-1;. The van der Waals surface area contributed by atoms with Gasteiger partial charge in [0.25, 0.3) is 0 Å². The Morgan fingerprint density at radius 1 is 0.958 bits per heavy atom. The Morgan fingerprint density at radius 2 is 1.75 bits per heavy atom. The van der Waals surface area contributed by atoms with E-state index in [1.54, 1.807) is 0 Å². The van der Waals surface area contributed by atoms with Crippen LogP contribution in [0.1, 0.15) is 0 Å². The minimum Gasteiger partial charge on any atom is -0.464 e. The van der Waals surface area contributed by atoms with Gasteiger partial charge in [-0.3, -0.25) is 0 Å². The maximum absolute atomic E-state index is 6.14. The molecule has 2 aromatic carbocycles. The Morgan fingerprint density at radius 3 is 2.54 bits per heavy atom. The van der Waals surface area contributed by atoms with Crippen molar-refractivity contribution >= 4 is 35.2 Å². The zero-order chi connectivity index (χ0) is 16.0. The number of furan rings is 1. The van der Waals surface area contributed by atoms with Gasteiger partial charge >= 0.3 is 0 Å². The zero-order valence-electron chi connectivity index (χ0n) is 13.9. The molecule has 0 spiro atoms. The largest absolute Gasteiger partial charge is 0.464 e. The third-order valence-corrected chi connectivity index (χ3v) is 6.23. The van der Waals surface area contributed by atoms with Crippen molar-refractivity contribution in [1.29, 1.82) is 0 Å². The van der Waals surface area contributed by atoms with Crippen LogP contribution in [0, 0.1) is 6.07 Å². The molecule has 123 valence electrons. The van der Waals surface area contributed by atoms with E-state index in [2.05, 4.69) is 48.9 Å². The predicted octanol–water partition coefficient (Wildman–Crippen LogP) is 4.99. The number of aromatic nitrogens is 1. The second-order valence-corrected chi connectivity index (χ2v) is 11.9. The van der Waals surface area contributed by atoms with E-state index in [4.69, 9.17) is 4.42 Å². The smallest absolute Gasteiger partial charge is 0.134 e. The van der Waals surface area contributed by atoms with E-state index < -0.39 is 8.07 Å². The summed E-state index contributed by atoms with van der Waals surface area (Å²) < 4.78 is 6.14. The topological polar surface area (TPSA) is 26.0 Å². The van der Waals surface area contributed by atoms with Gasteiger partial charge in [0.15, 0.2) is 0 Å². The van der Waals surface area contributed by atoms with Crippen LogP contribution >= 0.6 is 0 Å². The SMILES string of the molecule is C[Si](C)(C)c1ccc[c-]c1-c1nccc2c1oc1ccccc12.[Ir]. The van der Waals surface area contributed by atoms with Gasteiger partial charge < -0.3 is 9.40 Å². The number of pyridine rings is 1. The van der Waals surface area contributed by atoms with Gasteiger partial charge in [-0.1, -0.05) is 37.8 Å². The third kappa shape index (κ3) is 2.75. The zero-order valence-corrected chi connectivity index (χ0v) is 17.3. The molecule has 0 bridgehead atoms. The Bertz CT molecular complexity index is 1020. The molecule has 0 aliphatic rings. The minimum atomic E-state index is -1.50. The summed E-state index contributed by atoms with van der Waals surface area (Å²) in [6, 6.07) is 19.8. The van der Waals surface area contributed by atoms with Crippen molar-refractivity contribution in [3.63, 3.8) is 0 Å². The van der Waals surface area contributed by atoms with Crippen LogP contribution in [0.15, 0.2) is 59.1 Å². The van der Waals surface area contributed by atoms with Crippen molar-refractivity contribution in [1.82, 2.24) is 4.98 Å². The molecular formula is C20H18IrNOSi-. The molecule has 0 aliphatic carbocycles. The quantitative estimate of drug-likeness (QED) is 0.282. The number of hydrogen-bond donors (Lipinski definition) is 0. The molecule has 4 aromatic rings. The Labute approximate surface area is 156 Å². The molecule has 2 aromatic heterocycles. The van der Waals surface area contributed by atoms with Crippen LogP contribution in [0.2, 0.25) is 19.6 Å². The van der Waals surface area contributed by atoms with E-state index in [-0.39, 0.29) is 20.1 Å². The minimum absolute atomic E-state index is 0. The summed E-state index contributed by atoms with van der Waals surface area (Å²) in [4.78, 5) is 4.64. The first-order valence-electron chi connectivity index (χ1n) is 7.83. The normalized spacial score (nSPS) is 11.6. The van der Waals surface area contributed by atoms with Crippen molar-refractivity contribution in [2.24, 2.45) is 0 Å². The molecule has 2 heterocycles. The molecule has 0 N–H and O–H groups in total. The average molecular weight is 509 g/mol. The van der Waals surface area contributed by atoms with Gasteiger partial charge in [-0.05, 0) is 12.1 Å². The number of benzene rings is 2. The summed E-state index contributed by atoms with van der Waals surface area (Å²) in [5, 5.41) is 3.61. The summed E-state index contributed by atoms with van der Waals surface area (Å²) in [6.45, 7) is 7.04. The van der Waals surface area contributed by atoms with Gasteiger partial charge in [-0.25, -0.2) is 0 Å². The molecule has 0 amide bonds. The molecule has 0 aliphatic heterocycles. The van der Waals surface area contributed by atoms with E-state index >= 15 is 0 Å². The van der Waals surface area contributed by atoms with Crippen molar-refractivity contribution in [2.45, 2.75) is 19.6 Å². The van der Waals surface area contributed by atoms with Gasteiger partial charge in [0.05, 0.1) is 0 Å². The molecule has 24 heavy (non-hydrogen) atoms. The average Bonchev–Trinajstić information content (AvgIpc) is 2.93. The molecule has 0 unspecified atom stereocenters. The van der Waals surface area contributed by atoms with Gasteiger partial charge in [0.2, 0.25) is 0 Å². The van der Waals surface area contributed by atoms with Gasteiger partial charge in [-0.2, -0.15) is 0 Å². The van der Waals surface area contributed by atoms with Crippen molar-refractivity contribution in [3.05, 3.63) is 60.8 Å². The first kappa shape index (κ1) is 17.1. The first-order valence-corrected chi connectivity index (χ1v) is 11.3. The summed E-state index contributed by atoms with van der Waals surface area (Å²) in [5.41, 5.74) is 3.74. The molecular weight excluding hydrogens is 491 g/mol. The molecule has 0 fully saturated rings. The molecule has 0 saturated carbocycles. The van der Waals surface area contributed by atoms with Gasteiger partial charge in [0.1, 0.15) is 11.2 Å². The van der Waals surface area contributed by atoms with E-state index in [0.29, 0.717) is 0 Å². The molecule has 0 saturated heterocycles. The number of hydrogen-bond acceptors (Lipinski definition) is 2. The predicted molar refractivity (Wildman–Crippen MR) is 98.8 cm³/mol. The van der Waals surface area contributed by atoms with Crippen LogP contribution in [0.4, 0.5) is 0 Å². The fourth-order valence-electron chi connectivity index (χ4n) is 3.09. The Balaban J connectivity index is 0.00000169. The van der Waals surface area contributed by atoms with Crippen LogP contribution < -0.4 is 5.19 Å². The van der Waals surface area contributed by atoms with E-state index in [1.807, 2.05) is 36.5 Å². The summed E-state index contributed by atoms with van der Waals surface area (Å²) >= 11 is 0. The van der Waals surface area contributed by atoms with Crippen LogP contribution in [-0.4, -0.2) is 13.1 Å². The van der Waals surface area contributed by atoms with Gasteiger partial charge in [-0.15, -0.1) is 35.0 Å². The second kappa shape index (κ2) is 6.28. The fraction of sp³-hybridized carbons (Fsp3) is 0.150. The van der Waals surface area contributed by atoms with Crippen LogP contribution in [0.5, 0.6) is 0 Å². The fourth-order valence-corrected chi connectivity index (χ4v) is 4.62.